The Morgan fingerprint density at radius 2 is 1.35 bits per heavy atom. The van der Waals surface area contributed by atoms with Crippen LogP contribution in [0.1, 0.15) is 85.4 Å². The maximum atomic E-state index is 10.7. The Kier molecular flexibility index (Phi) is 25.7. The molecule has 6 heteroatoms. The smallest absolute Gasteiger partial charge is 1.00 e. The summed E-state index contributed by atoms with van der Waals surface area (Å²) in [6, 6.07) is 0. The monoisotopic (exact) mass is 382 g/mol. The quantitative estimate of drug-likeness (QED) is 0.214. The minimum atomic E-state index is -0.839. The Morgan fingerprint density at radius 3 is 1.81 bits per heavy atom. The number of rotatable bonds is 20. The van der Waals surface area contributed by atoms with Crippen molar-refractivity contribution in [2.24, 2.45) is 0 Å². The van der Waals surface area contributed by atoms with Gasteiger partial charge in [0.1, 0.15) is 0 Å². The summed E-state index contributed by atoms with van der Waals surface area (Å²) in [6.45, 7) is 5.15. The standard InChI is InChI=1S/C20H42N2O3.Na.H/c1-2-3-4-5-6-7-8-9-10-11-12-13-14-21-15-16-22(17-18-23)19-20(24)25;;/h21,23H,2-19H2,1H3,(H,24,25);;/q;+1;-1. The van der Waals surface area contributed by atoms with E-state index in [1.807, 2.05) is 0 Å². The van der Waals surface area contributed by atoms with Gasteiger partial charge in [-0.2, -0.15) is 0 Å². The maximum absolute atomic E-state index is 10.7. The second-order valence-corrected chi connectivity index (χ2v) is 7.03. The molecule has 0 fully saturated rings. The van der Waals surface area contributed by atoms with E-state index in [9.17, 15) is 4.79 Å². The molecule has 0 spiro atoms. The number of hydrogen-bond acceptors (Lipinski definition) is 4. The van der Waals surface area contributed by atoms with Crippen molar-refractivity contribution in [2.45, 2.75) is 84.0 Å². The summed E-state index contributed by atoms with van der Waals surface area (Å²) in [4.78, 5) is 12.5. The van der Waals surface area contributed by atoms with Crippen LogP contribution in [0.25, 0.3) is 0 Å². The fourth-order valence-corrected chi connectivity index (χ4v) is 3.06. The molecule has 5 nitrogen and oxygen atoms in total. The Bertz CT molecular complexity index is 300. The van der Waals surface area contributed by atoms with E-state index in [4.69, 9.17) is 10.2 Å². The maximum Gasteiger partial charge on any atom is 1.00 e. The fourth-order valence-electron chi connectivity index (χ4n) is 3.06. The van der Waals surface area contributed by atoms with Crippen molar-refractivity contribution in [2.75, 3.05) is 39.3 Å². The average molecular weight is 383 g/mol. The van der Waals surface area contributed by atoms with Crippen molar-refractivity contribution in [3.8, 4) is 0 Å². The van der Waals surface area contributed by atoms with Crippen LogP contribution in [0.15, 0.2) is 0 Å². The topological polar surface area (TPSA) is 72.8 Å². The van der Waals surface area contributed by atoms with E-state index < -0.39 is 5.97 Å². The molecule has 0 atom stereocenters. The van der Waals surface area contributed by atoms with E-state index in [1.165, 1.54) is 77.0 Å². The van der Waals surface area contributed by atoms with Crippen LogP contribution < -0.4 is 34.9 Å². The van der Waals surface area contributed by atoms with Gasteiger partial charge in [0, 0.05) is 19.6 Å². The number of hydrogen-bond donors (Lipinski definition) is 3. The molecule has 0 amide bonds. The minimum Gasteiger partial charge on any atom is -1.00 e. The van der Waals surface area contributed by atoms with Gasteiger partial charge in [-0.25, -0.2) is 0 Å². The summed E-state index contributed by atoms with van der Waals surface area (Å²) in [7, 11) is 0. The first-order valence-electron chi connectivity index (χ1n) is 10.5. The van der Waals surface area contributed by atoms with Gasteiger partial charge in [-0.1, -0.05) is 77.6 Å². The molecule has 0 heterocycles. The van der Waals surface area contributed by atoms with Gasteiger partial charge >= 0.3 is 35.5 Å². The van der Waals surface area contributed by atoms with Gasteiger partial charge in [-0.3, -0.25) is 9.69 Å². The molecule has 0 saturated heterocycles. The molecule has 3 N–H and O–H groups in total. The summed E-state index contributed by atoms with van der Waals surface area (Å²) < 4.78 is 0. The van der Waals surface area contributed by atoms with E-state index in [0.29, 0.717) is 13.1 Å². The summed E-state index contributed by atoms with van der Waals surface area (Å²) in [5.74, 6) is -0.839. The number of carboxylic acid groups (broad SMARTS) is 1. The molecule has 0 rings (SSSR count). The molecule has 0 aliphatic rings. The van der Waals surface area contributed by atoms with Gasteiger partial charge in [0.05, 0.1) is 13.2 Å². The fraction of sp³-hybridized carbons (Fsp3) is 0.950. The second-order valence-electron chi connectivity index (χ2n) is 7.03. The first-order chi connectivity index (χ1) is 12.2. The predicted molar refractivity (Wildman–Crippen MR) is 106 cm³/mol. The molecule has 0 aliphatic carbocycles. The molecular weight excluding hydrogens is 339 g/mol. The van der Waals surface area contributed by atoms with Crippen LogP contribution in [0.3, 0.4) is 0 Å². The normalized spacial score (nSPS) is 10.9. The zero-order chi connectivity index (χ0) is 18.6. The molecule has 0 aromatic heterocycles. The van der Waals surface area contributed by atoms with Gasteiger partial charge in [0.25, 0.3) is 0 Å². The summed E-state index contributed by atoms with van der Waals surface area (Å²) in [6.07, 6.45) is 16.3. The van der Waals surface area contributed by atoms with Gasteiger partial charge in [0.15, 0.2) is 0 Å². The third-order valence-corrected chi connectivity index (χ3v) is 4.59. The molecule has 152 valence electrons. The Morgan fingerprint density at radius 1 is 0.846 bits per heavy atom. The molecule has 0 aliphatic heterocycles. The number of unbranched alkanes of at least 4 members (excludes halogenated alkanes) is 11. The van der Waals surface area contributed by atoms with Gasteiger partial charge in [-0.05, 0) is 13.0 Å². The molecule has 0 bridgehead atoms. The summed E-state index contributed by atoms with van der Waals surface area (Å²) >= 11 is 0. The van der Waals surface area contributed by atoms with Crippen LogP contribution in [-0.2, 0) is 4.79 Å². The van der Waals surface area contributed by atoms with Crippen LogP contribution >= 0.6 is 0 Å². The van der Waals surface area contributed by atoms with Gasteiger partial charge in [-0.15, -0.1) is 0 Å². The number of aliphatic carboxylic acids is 1. The molecule has 0 aromatic rings. The van der Waals surface area contributed by atoms with E-state index in [-0.39, 0.29) is 44.1 Å². The van der Waals surface area contributed by atoms with Crippen molar-refractivity contribution < 1.29 is 46.0 Å². The third kappa shape index (κ3) is 22.4. The molecule has 0 aromatic carbocycles. The number of aliphatic hydroxyl groups excluding tert-OH is 1. The summed E-state index contributed by atoms with van der Waals surface area (Å²) in [5, 5.41) is 21.1. The van der Waals surface area contributed by atoms with E-state index in [0.717, 1.165) is 13.1 Å². The van der Waals surface area contributed by atoms with Crippen LogP contribution in [0.4, 0.5) is 0 Å². The SMILES string of the molecule is CCCCCCCCCCCCCCNCCN(CCO)CC(=O)O.[H-].[Na+]. The van der Waals surface area contributed by atoms with E-state index >= 15 is 0 Å². The Labute approximate surface area is 185 Å². The zero-order valence-electron chi connectivity index (χ0n) is 18.5. The van der Waals surface area contributed by atoms with Crippen molar-refractivity contribution in [1.82, 2.24) is 10.2 Å². The zero-order valence-corrected chi connectivity index (χ0v) is 19.5. The second kappa shape index (κ2) is 23.4. The minimum absolute atomic E-state index is 0. The van der Waals surface area contributed by atoms with Crippen LogP contribution in [-0.4, -0.2) is 60.4 Å². The van der Waals surface area contributed by atoms with Crippen LogP contribution in [0, 0.1) is 0 Å². The number of nitrogens with zero attached hydrogens (tertiary/aromatic N) is 1. The number of aliphatic hydroxyl groups is 1. The van der Waals surface area contributed by atoms with Crippen molar-refractivity contribution in [1.29, 1.82) is 0 Å². The first-order valence-corrected chi connectivity index (χ1v) is 10.5. The molecule has 0 unspecified atom stereocenters. The predicted octanol–water partition coefficient (Wildman–Crippen LogP) is 0.773. The number of carboxylic acids is 1. The Hall–Kier alpha value is 0.350. The molecule has 26 heavy (non-hydrogen) atoms. The number of nitrogens with one attached hydrogen (secondary N) is 1. The van der Waals surface area contributed by atoms with Crippen molar-refractivity contribution >= 4 is 5.97 Å². The van der Waals surface area contributed by atoms with E-state index in [1.54, 1.807) is 4.90 Å². The molecule has 0 saturated carbocycles. The first kappa shape index (κ1) is 28.6. The van der Waals surface area contributed by atoms with E-state index in [2.05, 4.69) is 12.2 Å². The number of carbonyl (C=O) groups is 1. The largest absolute Gasteiger partial charge is 1.00 e. The third-order valence-electron chi connectivity index (χ3n) is 4.59. The van der Waals surface area contributed by atoms with Crippen LogP contribution in [0.5, 0.6) is 0 Å². The van der Waals surface area contributed by atoms with Gasteiger partial charge in [0.2, 0.25) is 0 Å². The van der Waals surface area contributed by atoms with Gasteiger partial charge < -0.3 is 17.0 Å². The molecular formula is C20H43N2NaO3. The molecule has 0 radical (unpaired) electrons. The van der Waals surface area contributed by atoms with Crippen LogP contribution in [0.2, 0.25) is 0 Å². The van der Waals surface area contributed by atoms with Crippen molar-refractivity contribution in [3.05, 3.63) is 0 Å². The van der Waals surface area contributed by atoms with Crippen molar-refractivity contribution in [3.63, 3.8) is 0 Å². The average Bonchev–Trinajstić information content (AvgIpc) is 2.58. The Balaban J connectivity index is -0.00000288. The summed E-state index contributed by atoms with van der Waals surface area (Å²) in [5.41, 5.74) is 0.